The average Bonchev–Trinajstić information content (AvgIpc) is 2.45. The van der Waals surface area contributed by atoms with E-state index in [1.165, 1.54) is 0 Å². The number of hydrogen-bond acceptors (Lipinski definition) is 4. The molecule has 0 spiro atoms. The predicted molar refractivity (Wildman–Crippen MR) is 83.7 cm³/mol. The lowest BCUT2D eigenvalue weighted by Crippen LogP contribution is -2.32. The van der Waals surface area contributed by atoms with Crippen LogP contribution in [-0.4, -0.2) is 29.3 Å². The molecule has 0 unspecified atom stereocenters. The molecule has 0 atom stereocenters. The SMILES string of the molecule is Cc1ccc(NCCNC(=O)Nc2cccc(Cl)c2)nn1. The minimum absolute atomic E-state index is 0.283. The Labute approximate surface area is 127 Å². The van der Waals surface area contributed by atoms with Gasteiger partial charge in [0.25, 0.3) is 0 Å². The molecule has 0 saturated carbocycles. The molecular formula is C14H16ClN5O. The minimum atomic E-state index is -0.283. The third kappa shape index (κ3) is 5.27. The maximum Gasteiger partial charge on any atom is 0.319 e. The van der Waals surface area contributed by atoms with Crippen LogP contribution >= 0.6 is 11.6 Å². The van der Waals surface area contributed by atoms with E-state index in [2.05, 4.69) is 26.1 Å². The number of rotatable bonds is 5. The number of nitrogens with one attached hydrogen (secondary N) is 3. The van der Waals surface area contributed by atoms with Gasteiger partial charge in [0.05, 0.1) is 5.69 Å². The fraction of sp³-hybridized carbons (Fsp3) is 0.214. The number of amides is 2. The van der Waals surface area contributed by atoms with Gasteiger partial charge in [-0.3, -0.25) is 0 Å². The van der Waals surface area contributed by atoms with E-state index in [1.54, 1.807) is 24.3 Å². The van der Waals surface area contributed by atoms with Crippen molar-refractivity contribution in [3.05, 3.63) is 47.1 Å². The second-order valence-corrected chi connectivity index (χ2v) is 4.81. The van der Waals surface area contributed by atoms with Crippen LogP contribution in [0.4, 0.5) is 16.3 Å². The monoisotopic (exact) mass is 305 g/mol. The summed E-state index contributed by atoms with van der Waals surface area (Å²) in [4.78, 5) is 11.7. The largest absolute Gasteiger partial charge is 0.367 e. The van der Waals surface area contributed by atoms with Crippen LogP contribution in [0.5, 0.6) is 0 Å². The Hall–Kier alpha value is -2.34. The fourth-order valence-corrected chi connectivity index (χ4v) is 1.79. The molecule has 0 radical (unpaired) electrons. The molecule has 0 fully saturated rings. The molecule has 1 aromatic heterocycles. The van der Waals surface area contributed by atoms with Crippen molar-refractivity contribution in [3.8, 4) is 0 Å². The number of hydrogen-bond donors (Lipinski definition) is 3. The Morgan fingerprint density at radius 3 is 2.76 bits per heavy atom. The van der Waals surface area contributed by atoms with Gasteiger partial charge in [-0.05, 0) is 37.3 Å². The third-order valence-electron chi connectivity index (χ3n) is 2.60. The van der Waals surface area contributed by atoms with E-state index < -0.39 is 0 Å². The molecule has 110 valence electrons. The Morgan fingerprint density at radius 2 is 2.05 bits per heavy atom. The molecule has 21 heavy (non-hydrogen) atoms. The number of carbonyl (C=O) groups is 1. The maximum absolute atomic E-state index is 11.7. The first-order valence-electron chi connectivity index (χ1n) is 6.48. The summed E-state index contributed by atoms with van der Waals surface area (Å²) in [7, 11) is 0. The normalized spacial score (nSPS) is 10.0. The number of nitrogens with zero attached hydrogens (tertiary/aromatic N) is 2. The molecule has 2 rings (SSSR count). The Balaban J connectivity index is 1.68. The number of urea groups is 1. The van der Waals surface area contributed by atoms with E-state index in [4.69, 9.17) is 11.6 Å². The highest BCUT2D eigenvalue weighted by molar-refractivity contribution is 6.30. The summed E-state index contributed by atoms with van der Waals surface area (Å²) < 4.78 is 0. The molecule has 0 bridgehead atoms. The van der Waals surface area contributed by atoms with Crippen LogP contribution < -0.4 is 16.0 Å². The molecular weight excluding hydrogens is 290 g/mol. The molecule has 0 aliphatic carbocycles. The van der Waals surface area contributed by atoms with Crippen molar-refractivity contribution in [2.24, 2.45) is 0 Å². The van der Waals surface area contributed by atoms with Gasteiger partial charge in [-0.25, -0.2) is 4.79 Å². The van der Waals surface area contributed by atoms with Gasteiger partial charge in [0.1, 0.15) is 5.82 Å². The molecule has 0 aliphatic rings. The molecule has 0 saturated heterocycles. The zero-order valence-electron chi connectivity index (χ0n) is 11.6. The molecule has 1 heterocycles. The lowest BCUT2D eigenvalue weighted by atomic mass is 10.3. The summed E-state index contributed by atoms with van der Waals surface area (Å²) in [5.74, 6) is 0.678. The van der Waals surface area contributed by atoms with Crippen molar-refractivity contribution in [2.75, 3.05) is 23.7 Å². The van der Waals surface area contributed by atoms with Crippen molar-refractivity contribution >= 4 is 29.1 Å². The highest BCUT2D eigenvalue weighted by Crippen LogP contribution is 2.14. The number of anilines is 2. The van der Waals surface area contributed by atoms with E-state index in [0.29, 0.717) is 29.6 Å². The third-order valence-corrected chi connectivity index (χ3v) is 2.83. The zero-order chi connectivity index (χ0) is 15.1. The van der Waals surface area contributed by atoms with Crippen molar-refractivity contribution in [1.82, 2.24) is 15.5 Å². The van der Waals surface area contributed by atoms with Gasteiger partial charge in [0.15, 0.2) is 0 Å². The van der Waals surface area contributed by atoms with Crippen molar-refractivity contribution in [3.63, 3.8) is 0 Å². The predicted octanol–water partition coefficient (Wildman–Crippen LogP) is 2.67. The van der Waals surface area contributed by atoms with Crippen molar-refractivity contribution in [2.45, 2.75) is 6.92 Å². The van der Waals surface area contributed by atoms with E-state index in [9.17, 15) is 4.79 Å². The first-order valence-corrected chi connectivity index (χ1v) is 6.86. The van der Waals surface area contributed by atoms with Crippen molar-refractivity contribution < 1.29 is 4.79 Å². The standard InChI is InChI=1S/C14H16ClN5O/c1-10-5-6-13(20-19-10)16-7-8-17-14(21)18-12-4-2-3-11(15)9-12/h2-6,9H,7-8H2,1H3,(H,16,20)(H2,17,18,21). The number of benzene rings is 1. The van der Waals surface area contributed by atoms with Crippen LogP contribution in [0.2, 0.25) is 5.02 Å². The summed E-state index contributed by atoms with van der Waals surface area (Å²) in [5.41, 5.74) is 1.51. The first-order chi connectivity index (χ1) is 10.1. The molecule has 3 N–H and O–H groups in total. The Bertz CT molecular complexity index is 603. The van der Waals surface area contributed by atoms with Crippen LogP contribution in [-0.2, 0) is 0 Å². The molecule has 7 heteroatoms. The van der Waals surface area contributed by atoms with Gasteiger partial charge >= 0.3 is 6.03 Å². The van der Waals surface area contributed by atoms with Crippen LogP contribution in [0.15, 0.2) is 36.4 Å². The number of halogens is 1. The van der Waals surface area contributed by atoms with Gasteiger partial charge in [-0.1, -0.05) is 17.7 Å². The van der Waals surface area contributed by atoms with Gasteiger partial charge in [0, 0.05) is 23.8 Å². The van der Waals surface area contributed by atoms with Crippen LogP contribution in [0.1, 0.15) is 5.69 Å². The fourth-order valence-electron chi connectivity index (χ4n) is 1.60. The molecule has 0 aliphatic heterocycles. The summed E-state index contributed by atoms with van der Waals surface area (Å²) in [6.45, 7) is 2.89. The average molecular weight is 306 g/mol. The Kier molecular flexibility index (Phi) is 5.34. The highest BCUT2D eigenvalue weighted by Gasteiger charge is 2.01. The smallest absolute Gasteiger partial charge is 0.319 e. The first kappa shape index (κ1) is 15.1. The minimum Gasteiger partial charge on any atom is -0.367 e. The van der Waals surface area contributed by atoms with Crippen LogP contribution in [0.25, 0.3) is 0 Å². The molecule has 2 aromatic rings. The summed E-state index contributed by atoms with van der Waals surface area (Å²) >= 11 is 5.84. The van der Waals surface area contributed by atoms with Gasteiger partial charge in [-0.2, -0.15) is 5.10 Å². The lowest BCUT2D eigenvalue weighted by Gasteiger charge is -2.09. The maximum atomic E-state index is 11.7. The summed E-state index contributed by atoms with van der Waals surface area (Å²) in [5, 5.41) is 17.0. The lowest BCUT2D eigenvalue weighted by molar-refractivity contribution is 0.252. The molecule has 6 nitrogen and oxygen atoms in total. The Morgan fingerprint density at radius 1 is 1.19 bits per heavy atom. The number of carbonyl (C=O) groups excluding carboxylic acids is 1. The number of aromatic nitrogens is 2. The van der Waals surface area contributed by atoms with E-state index in [0.717, 1.165) is 5.69 Å². The van der Waals surface area contributed by atoms with Crippen LogP contribution in [0, 0.1) is 6.92 Å². The zero-order valence-corrected chi connectivity index (χ0v) is 12.3. The van der Waals surface area contributed by atoms with E-state index in [-0.39, 0.29) is 6.03 Å². The number of aryl methyl sites for hydroxylation is 1. The second-order valence-electron chi connectivity index (χ2n) is 4.38. The van der Waals surface area contributed by atoms with E-state index >= 15 is 0 Å². The second kappa shape index (κ2) is 7.44. The topological polar surface area (TPSA) is 78.9 Å². The van der Waals surface area contributed by atoms with Crippen molar-refractivity contribution in [1.29, 1.82) is 0 Å². The van der Waals surface area contributed by atoms with Crippen LogP contribution in [0.3, 0.4) is 0 Å². The van der Waals surface area contributed by atoms with E-state index in [1.807, 2.05) is 19.1 Å². The van der Waals surface area contributed by atoms with Gasteiger partial charge in [0.2, 0.25) is 0 Å². The molecule has 1 aromatic carbocycles. The molecule has 2 amide bonds. The van der Waals surface area contributed by atoms with Gasteiger partial charge in [-0.15, -0.1) is 5.10 Å². The quantitative estimate of drug-likeness (QED) is 0.742. The summed E-state index contributed by atoms with van der Waals surface area (Å²) in [6, 6.07) is 10.4. The van der Waals surface area contributed by atoms with Gasteiger partial charge < -0.3 is 16.0 Å². The highest BCUT2D eigenvalue weighted by atomic mass is 35.5. The summed E-state index contributed by atoms with van der Waals surface area (Å²) in [6.07, 6.45) is 0.